The van der Waals surface area contributed by atoms with E-state index in [4.69, 9.17) is 5.11 Å². The number of hydrogen-bond acceptors (Lipinski definition) is 2. The first kappa shape index (κ1) is 13.4. The topological polar surface area (TPSA) is 55.1 Å². The zero-order valence-corrected chi connectivity index (χ0v) is 12.2. The Hall–Kier alpha value is -2.62. The van der Waals surface area contributed by atoms with Gasteiger partial charge < -0.3 is 5.11 Å². The van der Waals surface area contributed by atoms with Crippen molar-refractivity contribution in [2.24, 2.45) is 0 Å². The predicted molar refractivity (Wildman–Crippen MR) is 82.2 cm³/mol. The summed E-state index contributed by atoms with van der Waals surface area (Å²) >= 11 is 0. The van der Waals surface area contributed by atoms with E-state index in [1.807, 2.05) is 17.6 Å². The number of benzene rings is 2. The Bertz CT molecular complexity index is 863. The zero-order chi connectivity index (χ0) is 15.1. The van der Waals surface area contributed by atoms with E-state index < -0.39 is 5.97 Å². The van der Waals surface area contributed by atoms with Gasteiger partial charge in [0.1, 0.15) is 5.82 Å². The number of hydrogen-bond donors (Lipinski definition) is 1. The Morgan fingerprint density at radius 2 is 1.81 bits per heavy atom. The van der Waals surface area contributed by atoms with Crippen LogP contribution < -0.4 is 0 Å². The molecule has 3 rings (SSSR count). The first-order valence-electron chi connectivity index (χ1n) is 6.77. The van der Waals surface area contributed by atoms with Crippen molar-refractivity contribution in [1.82, 2.24) is 9.55 Å². The van der Waals surface area contributed by atoms with Gasteiger partial charge in [0, 0.05) is 5.69 Å². The fraction of sp³-hybridized carbons (Fsp3) is 0.176. The SMILES string of the molecule is Cc1ccc(-n2c(C)nc3ccc(C(=O)O)cc32)cc1C. The van der Waals surface area contributed by atoms with Gasteiger partial charge in [-0.1, -0.05) is 6.07 Å². The third-order valence-electron chi connectivity index (χ3n) is 3.82. The summed E-state index contributed by atoms with van der Waals surface area (Å²) in [6.45, 7) is 6.06. The molecule has 0 bridgehead atoms. The Balaban J connectivity index is 2.29. The van der Waals surface area contributed by atoms with Crippen LogP contribution in [0.15, 0.2) is 36.4 Å². The van der Waals surface area contributed by atoms with Crippen molar-refractivity contribution in [3.63, 3.8) is 0 Å². The predicted octanol–water partition coefficient (Wildman–Crippen LogP) is 3.65. The fourth-order valence-electron chi connectivity index (χ4n) is 2.52. The standard InChI is InChI=1S/C17H16N2O2/c1-10-4-6-14(8-11(10)2)19-12(3)18-15-7-5-13(17(20)21)9-16(15)19/h4-9H,1-3H3,(H,20,21). The van der Waals surface area contributed by atoms with Crippen LogP contribution >= 0.6 is 0 Å². The number of carboxylic acid groups (broad SMARTS) is 1. The third-order valence-corrected chi connectivity index (χ3v) is 3.82. The zero-order valence-electron chi connectivity index (χ0n) is 12.2. The maximum absolute atomic E-state index is 11.2. The van der Waals surface area contributed by atoms with E-state index in [1.165, 1.54) is 11.1 Å². The Morgan fingerprint density at radius 1 is 1.05 bits per heavy atom. The second-order valence-corrected chi connectivity index (χ2v) is 5.27. The highest BCUT2D eigenvalue weighted by atomic mass is 16.4. The van der Waals surface area contributed by atoms with E-state index >= 15 is 0 Å². The van der Waals surface area contributed by atoms with Crippen LogP contribution in [0.25, 0.3) is 16.7 Å². The minimum absolute atomic E-state index is 0.271. The number of aromatic carboxylic acids is 1. The Morgan fingerprint density at radius 3 is 2.48 bits per heavy atom. The fourth-order valence-corrected chi connectivity index (χ4v) is 2.52. The van der Waals surface area contributed by atoms with Gasteiger partial charge in [0.2, 0.25) is 0 Å². The summed E-state index contributed by atoms with van der Waals surface area (Å²) in [6, 6.07) is 11.2. The molecule has 1 N–H and O–H groups in total. The van der Waals surface area contributed by atoms with Crippen molar-refractivity contribution >= 4 is 17.0 Å². The summed E-state index contributed by atoms with van der Waals surface area (Å²) in [4.78, 5) is 15.7. The highest BCUT2D eigenvalue weighted by Gasteiger charge is 2.12. The molecule has 3 aromatic rings. The van der Waals surface area contributed by atoms with E-state index in [0.29, 0.717) is 0 Å². The van der Waals surface area contributed by atoms with Gasteiger partial charge >= 0.3 is 5.97 Å². The average molecular weight is 280 g/mol. The number of aryl methyl sites for hydroxylation is 3. The van der Waals surface area contributed by atoms with Gasteiger partial charge in [-0.2, -0.15) is 0 Å². The molecule has 0 saturated heterocycles. The van der Waals surface area contributed by atoms with E-state index in [9.17, 15) is 4.79 Å². The Labute approximate surface area is 122 Å². The number of carbonyl (C=O) groups is 1. The molecule has 0 fully saturated rings. The van der Waals surface area contributed by atoms with Crippen molar-refractivity contribution in [2.45, 2.75) is 20.8 Å². The molecule has 2 aromatic carbocycles. The lowest BCUT2D eigenvalue weighted by atomic mass is 10.1. The first-order valence-corrected chi connectivity index (χ1v) is 6.77. The summed E-state index contributed by atoms with van der Waals surface area (Å²) in [5, 5.41) is 9.16. The molecule has 0 radical (unpaired) electrons. The molecule has 0 atom stereocenters. The largest absolute Gasteiger partial charge is 0.478 e. The van der Waals surface area contributed by atoms with Gasteiger partial charge in [0.25, 0.3) is 0 Å². The summed E-state index contributed by atoms with van der Waals surface area (Å²) in [5.74, 6) is -0.0850. The minimum Gasteiger partial charge on any atom is -0.478 e. The smallest absolute Gasteiger partial charge is 0.335 e. The molecule has 4 heteroatoms. The maximum atomic E-state index is 11.2. The molecule has 0 saturated carbocycles. The molecule has 0 aliphatic heterocycles. The van der Waals surface area contributed by atoms with E-state index in [2.05, 4.69) is 31.0 Å². The van der Waals surface area contributed by atoms with Crippen LogP contribution in [0.5, 0.6) is 0 Å². The lowest BCUT2D eigenvalue weighted by Crippen LogP contribution is -2.00. The summed E-state index contributed by atoms with van der Waals surface area (Å²) in [6.07, 6.45) is 0. The molecule has 0 amide bonds. The van der Waals surface area contributed by atoms with Crippen LogP contribution in [0.2, 0.25) is 0 Å². The van der Waals surface area contributed by atoms with Gasteiger partial charge in [-0.05, 0) is 62.2 Å². The van der Waals surface area contributed by atoms with Crippen LogP contribution in [0, 0.1) is 20.8 Å². The van der Waals surface area contributed by atoms with Gasteiger partial charge in [-0.3, -0.25) is 4.57 Å². The number of aromatic nitrogens is 2. The van der Waals surface area contributed by atoms with E-state index in [-0.39, 0.29) is 5.56 Å². The van der Waals surface area contributed by atoms with Crippen LogP contribution in [0.4, 0.5) is 0 Å². The van der Waals surface area contributed by atoms with Crippen LogP contribution in [-0.2, 0) is 0 Å². The van der Waals surface area contributed by atoms with Gasteiger partial charge in [0.15, 0.2) is 0 Å². The molecule has 21 heavy (non-hydrogen) atoms. The molecule has 1 heterocycles. The Kier molecular flexibility index (Phi) is 3.01. The van der Waals surface area contributed by atoms with Gasteiger partial charge in [-0.25, -0.2) is 9.78 Å². The maximum Gasteiger partial charge on any atom is 0.335 e. The van der Waals surface area contributed by atoms with Crippen LogP contribution in [0.3, 0.4) is 0 Å². The van der Waals surface area contributed by atoms with E-state index in [1.54, 1.807) is 18.2 Å². The molecule has 106 valence electrons. The number of fused-ring (bicyclic) bond motifs is 1. The summed E-state index contributed by atoms with van der Waals surface area (Å²) < 4.78 is 1.99. The van der Waals surface area contributed by atoms with Crippen molar-refractivity contribution in [2.75, 3.05) is 0 Å². The molecule has 0 spiro atoms. The highest BCUT2D eigenvalue weighted by Crippen LogP contribution is 2.24. The molecule has 0 aliphatic carbocycles. The lowest BCUT2D eigenvalue weighted by Gasteiger charge is -2.09. The van der Waals surface area contributed by atoms with E-state index in [0.717, 1.165) is 22.5 Å². The lowest BCUT2D eigenvalue weighted by molar-refractivity contribution is 0.0697. The normalized spacial score (nSPS) is 11.0. The number of rotatable bonds is 2. The second kappa shape index (κ2) is 4.74. The average Bonchev–Trinajstić information content (AvgIpc) is 2.77. The van der Waals surface area contributed by atoms with Crippen molar-refractivity contribution < 1.29 is 9.90 Å². The quantitative estimate of drug-likeness (QED) is 0.779. The number of imidazole rings is 1. The third kappa shape index (κ3) is 2.18. The van der Waals surface area contributed by atoms with Crippen molar-refractivity contribution in [3.8, 4) is 5.69 Å². The number of carboxylic acids is 1. The van der Waals surface area contributed by atoms with Gasteiger partial charge in [0.05, 0.1) is 16.6 Å². The molecular formula is C17H16N2O2. The minimum atomic E-state index is -0.928. The summed E-state index contributed by atoms with van der Waals surface area (Å²) in [5.41, 5.74) is 5.31. The summed E-state index contributed by atoms with van der Waals surface area (Å²) in [7, 11) is 0. The molecule has 1 aromatic heterocycles. The van der Waals surface area contributed by atoms with Crippen molar-refractivity contribution in [3.05, 3.63) is 58.9 Å². The first-order chi connectivity index (χ1) is 9.97. The highest BCUT2D eigenvalue weighted by molar-refractivity contribution is 5.93. The van der Waals surface area contributed by atoms with Gasteiger partial charge in [-0.15, -0.1) is 0 Å². The molecule has 0 unspecified atom stereocenters. The van der Waals surface area contributed by atoms with Crippen LogP contribution in [-0.4, -0.2) is 20.6 Å². The molecule has 4 nitrogen and oxygen atoms in total. The monoisotopic (exact) mass is 280 g/mol. The number of nitrogens with zero attached hydrogens (tertiary/aromatic N) is 2. The van der Waals surface area contributed by atoms with Crippen LogP contribution in [0.1, 0.15) is 27.3 Å². The molecule has 0 aliphatic rings. The second-order valence-electron chi connectivity index (χ2n) is 5.27. The van der Waals surface area contributed by atoms with Crippen molar-refractivity contribution in [1.29, 1.82) is 0 Å². The molecular weight excluding hydrogens is 264 g/mol.